The van der Waals surface area contributed by atoms with E-state index in [0.717, 1.165) is 24.8 Å². The number of benzene rings is 1. The first kappa shape index (κ1) is 13.1. The van der Waals surface area contributed by atoms with Crippen LogP contribution in [-0.2, 0) is 4.79 Å². The van der Waals surface area contributed by atoms with Crippen LogP contribution < -0.4 is 11.1 Å². The van der Waals surface area contributed by atoms with Crippen LogP contribution in [0.25, 0.3) is 0 Å². The molecule has 0 aromatic heterocycles. The largest absolute Gasteiger partial charge is 0.349 e. The summed E-state index contributed by atoms with van der Waals surface area (Å²) in [6, 6.07) is 8.53. The maximum Gasteiger partial charge on any atom is 0.223 e. The van der Waals surface area contributed by atoms with Crippen LogP contribution >= 0.6 is 0 Å². The quantitative estimate of drug-likeness (QED) is 0.859. The summed E-state index contributed by atoms with van der Waals surface area (Å²) in [4.78, 5) is 12.1. The number of rotatable bonds is 3. The van der Waals surface area contributed by atoms with Crippen molar-refractivity contribution in [3.8, 4) is 0 Å². The zero-order valence-electron chi connectivity index (χ0n) is 11.1. The van der Waals surface area contributed by atoms with Gasteiger partial charge in [0.05, 0.1) is 6.04 Å². The van der Waals surface area contributed by atoms with E-state index in [2.05, 4.69) is 30.4 Å². The van der Waals surface area contributed by atoms with Crippen molar-refractivity contribution >= 4 is 5.91 Å². The molecule has 1 aliphatic rings. The second-order valence-electron chi connectivity index (χ2n) is 5.41. The molecule has 0 bridgehead atoms. The van der Waals surface area contributed by atoms with Gasteiger partial charge in [-0.1, -0.05) is 29.8 Å². The number of carbonyl (C=O) groups is 1. The second-order valence-corrected chi connectivity index (χ2v) is 5.41. The van der Waals surface area contributed by atoms with Gasteiger partial charge in [0.15, 0.2) is 0 Å². The van der Waals surface area contributed by atoms with Crippen molar-refractivity contribution in [1.82, 2.24) is 5.32 Å². The minimum atomic E-state index is 0.0641. The van der Waals surface area contributed by atoms with Crippen molar-refractivity contribution in [1.29, 1.82) is 0 Å². The van der Waals surface area contributed by atoms with Crippen LogP contribution in [-0.4, -0.2) is 11.9 Å². The average molecular weight is 246 g/mol. The van der Waals surface area contributed by atoms with Crippen molar-refractivity contribution in [2.45, 2.75) is 45.2 Å². The predicted molar refractivity (Wildman–Crippen MR) is 73.1 cm³/mol. The molecule has 0 spiro atoms. The predicted octanol–water partition coefficient (Wildman–Crippen LogP) is 2.30. The third-order valence-electron chi connectivity index (χ3n) is 3.74. The zero-order chi connectivity index (χ0) is 13.1. The molecule has 0 aliphatic heterocycles. The highest BCUT2D eigenvalue weighted by atomic mass is 16.1. The van der Waals surface area contributed by atoms with Gasteiger partial charge >= 0.3 is 0 Å². The Labute approximate surface area is 109 Å². The molecule has 0 saturated heterocycles. The van der Waals surface area contributed by atoms with E-state index in [-0.39, 0.29) is 23.9 Å². The molecule has 3 heteroatoms. The summed E-state index contributed by atoms with van der Waals surface area (Å²) >= 11 is 0. The molecule has 2 unspecified atom stereocenters. The number of hydrogen-bond donors (Lipinski definition) is 2. The van der Waals surface area contributed by atoms with Gasteiger partial charge in [-0.3, -0.25) is 4.79 Å². The second kappa shape index (κ2) is 5.53. The summed E-state index contributed by atoms with van der Waals surface area (Å²) in [7, 11) is 0. The van der Waals surface area contributed by atoms with E-state index in [1.165, 1.54) is 5.56 Å². The number of carbonyl (C=O) groups excluding carboxylic acids is 1. The van der Waals surface area contributed by atoms with Crippen LogP contribution in [0.1, 0.15) is 43.4 Å². The van der Waals surface area contributed by atoms with Crippen molar-refractivity contribution in [2.24, 2.45) is 11.7 Å². The molecule has 1 saturated carbocycles. The van der Waals surface area contributed by atoms with Gasteiger partial charge in [0.1, 0.15) is 0 Å². The van der Waals surface area contributed by atoms with E-state index in [1.807, 2.05) is 13.0 Å². The Hall–Kier alpha value is -1.35. The van der Waals surface area contributed by atoms with E-state index >= 15 is 0 Å². The highest BCUT2D eigenvalue weighted by Gasteiger charge is 2.28. The summed E-state index contributed by atoms with van der Waals surface area (Å²) in [6.45, 7) is 4.09. The van der Waals surface area contributed by atoms with Crippen LogP contribution in [0.4, 0.5) is 0 Å². The number of amides is 1. The van der Waals surface area contributed by atoms with Gasteiger partial charge in [-0.25, -0.2) is 0 Å². The lowest BCUT2D eigenvalue weighted by Crippen LogP contribution is -2.32. The van der Waals surface area contributed by atoms with Crippen molar-refractivity contribution in [3.63, 3.8) is 0 Å². The van der Waals surface area contributed by atoms with Crippen molar-refractivity contribution in [3.05, 3.63) is 35.4 Å². The van der Waals surface area contributed by atoms with Crippen LogP contribution in [0.2, 0.25) is 0 Å². The van der Waals surface area contributed by atoms with Crippen LogP contribution in [0.15, 0.2) is 24.3 Å². The zero-order valence-corrected chi connectivity index (χ0v) is 11.1. The van der Waals surface area contributed by atoms with Gasteiger partial charge in [-0.2, -0.15) is 0 Å². The summed E-state index contributed by atoms with van der Waals surface area (Å²) in [5, 5.41) is 3.09. The molecule has 1 aromatic carbocycles. The Morgan fingerprint density at radius 1 is 1.44 bits per heavy atom. The van der Waals surface area contributed by atoms with E-state index in [4.69, 9.17) is 5.73 Å². The van der Waals surface area contributed by atoms with Gasteiger partial charge in [0.25, 0.3) is 0 Å². The Balaban J connectivity index is 1.95. The van der Waals surface area contributed by atoms with E-state index in [9.17, 15) is 4.79 Å². The molecule has 1 aromatic rings. The molecular formula is C15H22N2O. The summed E-state index contributed by atoms with van der Waals surface area (Å²) in [5.74, 6) is 0.254. The lowest BCUT2D eigenvalue weighted by molar-refractivity contribution is -0.125. The highest BCUT2D eigenvalue weighted by Crippen LogP contribution is 2.25. The Kier molecular flexibility index (Phi) is 4.02. The van der Waals surface area contributed by atoms with Gasteiger partial charge in [0, 0.05) is 12.0 Å². The molecular weight excluding hydrogens is 224 g/mol. The first-order chi connectivity index (χ1) is 8.56. The van der Waals surface area contributed by atoms with Crippen LogP contribution in [0.5, 0.6) is 0 Å². The van der Waals surface area contributed by atoms with E-state index in [1.54, 1.807) is 0 Å². The minimum absolute atomic E-state index is 0.0641. The molecule has 98 valence electrons. The Morgan fingerprint density at radius 2 is 2.22 bits per heavy atom. The highest BCUT2D eigenvalue weighted by molar-refractivity contribution is 5.79. The van der Waals surface area contributed by atoms with Gasteiger partial charge in [0.2, 0.25) is 5.91 Å². The standard InChI is InChI=1S/C15H22N2O/c1-10-4-3-5-12(8-10)11(2)17-15(18)13-6-7-14(16)9-13/h3-5,8,11,13-14H,6-7,9,16H2,1-2H3,(H,17,18)/t11-,13?,14?/m1/s1. The molecule has 1 amide bonds. The Morgan fingerprint density at radius 3 is 2.83 bits per heavy atom. The number of aryl methyl sites for hydroxylation is 1. The smallest absolute Gasteiger partial charge is 0.223 e. The fourth-order valence-electron chi connectivity index (χ4n) is 2.61. The summed E-state index contributed by atoms with van der Waals surface area (Å²) < 4.78 is 0. The molecule has 1 fully saturated rings. The molecule has 3 atom stereocenters. The average Bonchev–Trinajstić information content (AvgIpc) is 2.76. The Bertz CT molecular complexity index is 430. The molecule has 0 heterocycles. The number of hydrogen-bond acceptors (Lipinski definition) is 2. The van der Waals surface area contributed by atoms with Crippen molar-refractivity contribution < 1.29 is 4.79 Å². The first-order valence-electron chi connectivity index (χ1n) is 6.69. The lowest BCUT2D eigenvalue weighted by Gasteiger charge is -2.17. The van der Waals surface area contributed by atoms with Crippen molar-refractivity contribution in [2.75, 3.05) is 0 Å². The minimum Gasteiger partial charge on any atom is -0.349 e. The topological polar surface area (TPSA) is 55.1 Å². The molecule has 3 N–H and O–H groups in total. The molecule has 1 aliphatic carbocycles. The maximum absolute atomic E-state index is 12.1. The van der Waals surface area contributed by atoms with Gasteiger partial charge < -0.3 is 11.1 Å². The van der Waals surface area contributed by atoms with Gasteiger partial charge in [-0.15, -0.1) is 0 Å². The molecule has 3 nitrogen and oxygen atoms in total. The fourth-order valence-corrected chi connectivity index (χ4v) is 2.61. The van der Waals surface area contributed by atoms with E-state index < -0.39 is 0 Å². The third kappa shape index (κ3) is 3.10. The number of nitrogens with one attached hydrogen (secondary N) is 1. The summed E-state index contributed by atoms with van der Waals surface area (Å²) in [6.07, 6.45) is 2.72. The lowest BCUT2D eigenvalue weighted by atomic mass is 10.0. The molecule has 18 heavy (non-hydrogen) atoms. The SMILES string of the molecule is Cc1cccc([C@@H](C)NC(=O)C2CCC(N)C2)c1. The molecule has 2 rings (SSSR count). The van der Waals surface area contributed by atoms with Crippen LogP contribution in [0, 0.1) is 12.8 Å². The fraction of sp³-hybridized carbons (Fsp3) is 0.533. The monoisotopic (exact) mass is 246 g/mol. The first-order valence-corrected chi connectivity index (χ1v) is 6.69. The number of nitrogens with two attached hydrogens (primary N) is 1. The van der Waals surface area contributed by atoms with Crippen LogP contribution in [0.3, 0.4) is 0 Å². The normalized spacial score (nSPS) is 24.8. The van der Waals surface area contributed by atoms with E-state index in [0.29, 0.717) is 0 Å². The maximum atomic E-state index is 12.1. The van der Waals surface area contributed by atoms with Gasteiger partial charge in [-0.05, 0) is 38.7 Å². The molecule has 0 radical (unpaired) electrons. The third-order valence-corrected chi connectivity index (χ3v) is 3.74. The summed E-state index contributed by atoms with van der Waals surface area (Å²) in [5.41, 5.74) is 8.22.